The fourth-order valence-corrected chi connectivity index (χ4v) is 1.63. The van der Waals surface area contributed by atoms with Crippen LogP contribution in [0.25, 0.3) is 0 Å². The highest BCUT2D eigenvalue weighted by atomic mass is 16.5. The first-order chi connectivity index (χ1) is 8.86. The summed E-state index contributed by atoms with van der Waals surface area (Å²) in [6, 6.07) is 0. The third-order valence-electron chi connectivity index (χ3n) is 2.76. The maximum atomic E-state index is 11.7. The number of hydrogen-bond acceptors (Lipinski definition) is 5. The maximum absolute atomic E-state index is 11.7. The fraction of sp³-hybridized carbons (Fsp3) is 0.667. The minimum atomic E-state index is -0.509. The Labute approximate surface area is 111 Å². The molecule has 0 bridgehead atoms. The van der Waals surface area contributed by atoms with Crippen LogP contribution in [0, 0.1) is 5.92 Å². The standard InChI is InChI=1S/C12H22N4O3/c1-7(2)6-16-10(13)9(11(17)15-12(16)18)14-5-8(3)19-4/h7-8,14H,5-6,13H2,1-4H3,(H,15,17,18). The molecule has 0 spiro atoms. The molecule has 0 saturated carbocycles. The van der Waals surface area contributed by atoms with Crippen molar-refractivity contribution < 1.29 is 4.74 Å². The van der Waals surface area contributed by atoms with Gasteiger partial charge in [0.15, 0.2) is 0 Å². The molecule has 0 aromatic carbocycles. The minimum absolute atomic E-state index is 0.0655. The number of aromatic nitrogens is 2. The van der Waals surface area contributed by atoms with E-state index in [9.17, 15) is 9.59 Å². The lowest BCUT2D eigenvalue weighted by atomic mass is 10.2. The molecular weight excluding hydrogens is 248 g/mol. The van der Waals surface area contributed by atoms with Gasteiger partial charge < -0.3 is 15.8 Å². The van der Waals surface area contributed by atoms with Gasteiger partial charge in [-0.25, -0.2) is 4.79 Å². The zero-order valence-electron chi connectivity index (χ0n) is 11.8. The Morgan fingerprint density at radius 3 is 2.53 bits per heavy atom. The van der Waals surface area contributed by atoms with Gasteiger partial charge in [0.1, 0.15) is 11.5 Å². The Hall–Kier alpha value is -1.76. The molecule has 0 aliphatic heterocycles. The summed E-state index contributed by atoms with van der Waals surface area (Å²) < 4.78 is 6.45. The molecule has 1 aromatic heterocycles. The Balaban J connectivity index is 3.10. The Morgan fingerprint density at radius 1 is 1.37 bits per heavy atom. The summed E-state index contributed by atoms with van der Waals surface area (Å²) in [5.41, 5.74) is 5.12. The van der Waals surface area contributed by atoms with E-state index in [2.05, 4.69) is 10.3 Å². The van der Waals surface area contributed by atoms with Crippen molar-refractivity contribution in [3.63, 3.8) is 0 Å². The summed E-state index contributed by atoms with van der Waals surface area (Å²) >= 11 is 0. The third kappa shape index (κ3) is 3.85. The predicted molar refractivity (Wildman–Crippen MR) is 75.5 cm³/mol. The molecule has 0 aliphatic carbocycles. The second-order valence-corrected chi connectivity index (χ2v) is 4.95. The van der Waals surface area contributed by atoms with E-state index in [1.165, 1.54) is 4.57 Å². The maximum Gasteiger partial charge on any atom is 0.330 e. The summed E-state index contributed by atoms with van der Waals surface area (Å²) in [5.74, 6) is 0.405. The summed E-state index contributed by atoms with van der Waals surface area (Å²) in [5, 5.41) is 2.92. The number of anilines is 2. The van der Waals surface area contributed by atoms with Crippen molar-refractivity contribution in [3.8, 4) is 0 Å². The fourth-order valence-electron chi connectivity index (χ4n) is 1.63. The molecule has 0 fully saturated rings. The molecule has 1 rings (SSSR count). The van der Waals surface area contributed by atoms with Gasteiger partial charge in [-0.05, 0) is 12.8 Å². The highest BCUT2D eigenvalue weighted by molar-refractivity contribution is 5.60. The average Bonchev–Trinajstić information content (AvgIpc) is 2.33. The van der Waals surface area contributed by atoms with E-state index in [1.54, 1.807) is 7.11 Å². The molecule has 4 N–H and O–H groups in total. The van der Waals surface area contributed by atoms with Crippen molar-refractivity contribution in [2.24, 2.45) is 5.92 Å². The van der Waals surface area contributed by atoms with Crippen molar-refractivity contribution in [1.82, 2.24) is 9.55 Å². The molecule has 0 aliphatic rings. The number of nitrogens with zero attached hydrogens (tertiary/aromatic N) is 1. The molecule has 19 heavy (non-hydrogen) atoms. The topological polar surface area (TPSA) is 102 Å². The van der Waals surface area contributed by atoms with E-state index in [0.29, 0.717) is 13.1 Å². The SMILES string of the molecule is COC(C)CNc1c(N)n(CC(C)C)c(=O)[nH]c1=O. The van der Waals surface area contributed by atoms with E-state index in [-0.39, 0.29) is 23.5 Å². The number of H-pyrrole nitrogens is 1. The number of nitrogen functional groups attached to an aromatic ring is 1. The number of rotatable bonds is 6. The van der Waals surface area contributed by atoms with Crippen LogP contribution in [0.4, 0.5) is 11.5 Å². The lowest BCUT2D eigenvalue weighted by Crippen LogP contribution is -2.36. The second-order valence-electron chi connectivity index (χ2n) is 4.95. The lowest BCUT2D eigenvalue weighted by Gasteiger charge is -2.16. The third-order valence-corrected chi connectivity index (χ3v) is 2.76. The van der Waals surface area contributed by atoms with E-state index in [0.717, 1.165) is 0 Å². The van der Waals surface area contributed by atoms with E-state index >= 15 is 0 Å². The van der Waals surface area contributed by atoms with Gasteiger partial charge in [0.25, 0.3) is 5.56 Å². The first-order valence-electron chi connectivity index (χ1n) is 6.26. The predicted octanol–water partition coefficient (Wildman–Crippen LogP) is 0.222. The van der Waals surface area contributed by atoms with Crippen LogP contribution in [0.1, 0.15) is 20.8 Å². The van der Waals surface area contributed by atoms with Crippen LogP contribution in [0.5, 0.6) is 0 Å². The van der Waals surface area contributed by atoms with E-state index in [4.69, 9.17) is 10.5 Å². The molecule has 1 unspecified atom stereocenters. The van der Waals surface area contributed by atoms with Crippen molar-refractivity contribution in [2.45, 2.75) is 33.4 Å². The van der Waals surface area contributed by atoms with Crippen LogP contribution >= 0.6 is 0 Å². The van der Waals surface area contributed by atoms with Crippen LogP contribution in [-0.4, -0.2) is 29.3 Å². The highest BCUT2D eigenvalue weighted by Crippen LogP contribution is 2.11. The number of aromatic amines is 1. The molecule has 0 saturated heterocycles. The zero-order chi connectivity index (χ0) is 14.6. The van der Waals surface area contributed by atoms with Gasteiger partial charge in [-0.3, -0.25) is 14.3 Å². The molecule has 1 heterocycles. The van der Waals surface area contributed by atoms with E-state index in [1.807, 2.05) is 20.8 Å². The second kappa shape index (κ2) is 6.42. The molecule has 0 amide bonds. The summed E-state index contributed by atoms with van der Waals surface area (Å²) in [6.45, 7) is 6.69. The van der Waals surface area contributed by atoms with Crippen LogP contribution < -0.4 is 22.3 Å². The quantitative estimate of drug-likeness (QED) is 0.686. The van der Waals surface area contributed by atoms with Crippen LogP contribution in [0.15, 0.2) is 9.59 Å². The molecule has 1 atom stereocenters. The van der Waals surface area contributed by atoms with Gasteiger partial charge in [-0.1, -0.05) is 13.8 Å². The summed E-state index contributed by atoms with van der Waals surface area (Å²) in [7, 11) is 1.58. The van der Waals surface area contributed by atoms with Gasteiger partial charge in [-0.15, -0.1) is 0 Å². The number of nitrogens with one attached hydrogen (secondary N) is 2. The van der Waals surface area contributed by atoms with Crippen molar-refractivity contribution in [2.75, 3.05) is 24.7 Å². The minimum Gasteiger partial charge on any atom is -0.383 e. The average molecular weight is 270 g/mol. The van der Waals surface area contributed by atoms with Gasteiger partial charge in [-0.2, -0.15) is 0 Å². The number of ether oxygens (including phenoxy) is 1. The van der Waals surface area contributed by atoms with Crippen molar-refractivity contribution in [1.29, 1.82) is 0 Å². The van der Waals surface area contributed by atoms with Crippen LogP contribution in [-0.2, 0) is 11.3 Å². The molecule has 0 radical (unpaired) electrons. The van der Waals surface area contributed by atoms with Crippen LogP contribution in [0.2, 0.25) is 0 Å². The molecule has 108 valence electrons. The largest absolute Gasteiger partial charge is 0.383 e. The molecule has 7 heteroatoms. The Morgan fingerprint density at radius 2 is 2.00 bits per heavy atom. The summed E-state index contributed by atoms with van der Waals surface area (Å²) in [4.78, 5) is 25.7. The number of nitrogens with two attached hydrogens (primary N) is 1. The van der Waals surface area contributed by atoms with Gasteiger partial charge in [0.05, 0.1) is 6.10 Å². The Bertz CT molecular complexity index is 533. The van der Waals surface area contributed by atoms with Crippen molar-refractivity contribution in [3.05, 3.63) is 20.8 Å². The van der Waals surface area contributed by atoms with Gasteiger partial charge in [0, 0.05) is 20.2 Å². The van der Waals surface area contributed by atoms with Crippen LogP contribution in [0.3, 0.4) is 0 Å². The monoisotopic (exact) mass is 270 g/mol. The zero-order valence-corrected chi connectivity index (χ0v) is 11.8. The van der Waals surface area contributed by atoms with Gasteiger partial charge >= 0.3 is 5.69 Å². The normalized spacial score (nSPS) is 12.7. The van der Waals surface area contributed by atoms with E-state index < -0.39 is 11.2 Å². The lowest BCUT2D eigenvalue weighted by molar-refractivity contribution is 0.129. The molecule has 1 aromatic rings. The number of hydrogen-bond donors (Lipinski definition) is 3. The highest BCUT2D eigenvalue weighted by Gasteiger charge is 2.13. The van der Waals surface area contributed by atoms with Crippen molar-refractivity contribution >= 4 is 11.5 Å². The summed E-state index contributed by atoms with van der Waals surface area (Å²) in [6.07, 6.45) is -0.0655. The first kappa shape index (κ1) is 15.3. The molecular formula is C12H22N4O3. The smallest absolute Gasteiger partial charge is 0.330 e. The number of methoxy groups -OCH3 is 1. The van der Waals surface area contributed by atoms with Gasteiger partial charge in [0.2, 0.25) is 0 Å². The Kier molecular flexibility index (Phi) is 5.17. The first-order valence-corrected chi connectivity index (χ1v) is 6.26. The molecule has 7 nitrogen and oxygen atoms in total.